The quantitative estimate of drug-likeness (QED) is 0.706. The first kappa shape index (κ1) is 16.1. The van der Waals surface area contributed by atoms with Gasteiger partial charge in [0.25, 0.3) is 0 Å². The van der Waals surface area contributed by atoms with Gasteiger partial charge >= 0.3 is 0 Å². The Hall–Kier alpha value is -1.73. The smallest absolute Gasteiger partial charge is 0.231 e. The van der Waals surface area contributed by atoms with Crippen LogP contribution in [0.2, 0.25) is 0 Å². The maximum absolute atomic E-state index is 10.8. The van der Waals surface area contributed by atoms with Gasteiger partial charge in [0.2, 0.25) is 5.91 Å². The van der Waals surface area contributed by atoms with Crippen LogP contribution in [0.5, 0.6) is 0 Å². The van der Waals surface area contributed by atoms with Crippen LogP contribution < -0.4 is 16.4 Å². The van der Waals surface area contributed by atoms with E-state index < -0.39 is 0 Å². The van der Waals surface area contributed by atoms with Crippen LogP contribution in [-0.4, -0.2) is 28.5 Å². The molecular formula is C16H23N5OS. The lowest BCUT2D eigenvalue weighted by Crippen LogP contribution is -2.27. The average Bonchev–Trinajstić information content (AvgIpc) is 2.76. The molecule has 1 saturated carbocycles. The summed E-state index contributed by atoms with van der Waals surface area (Å²) in [5.41, 5.74) is 5.14. The molecule has 0 aliphatic heterocycles. The number of primary amides is 1. The Labute approximate surface area is 139 Å². The third kappa shape index (κ3) is 4.39. The van der Waals surface area contributed by atoms with Crippen molar-refractivity contribution in [1.82, 2.24) is 15.3 Å². The fraction of sp³-hybridized carbons (Fsp3) is 0.562. The molecule has 0 bridgehead atoms. The van der Waals surface area contributed by atoms with Crippen molar-refractivity contribution in [1.29, 1.82) is 0 Å². The van der Waals surface area contributed by atoms with Crippen molar-refractivity contribution in [3.63, 3.8) is 0 Å². The second-order valence-electron chi connectivity index (χ2n) is 6.06. The molecule has 124 valence electrons. The number of nitrogens with zero attached hydrogens (tertiary/aromatic N) is 2. The number of nitrogens with two attached hydrogens (primary N) is 1. The highest BCUT2D eigenvalue weighted by Crippen LogP contribution is 2.30. The van der Waals surface area contributed by atoms with E-state index in [0.29, 0.717) is 12.6 Å². The molecule has 2 aromatic heterocycles. The van der Waals surface area contributed by atoms with E-state index in [-0.39, 0.29) is 12.5 Å². The fourth-order valence-electron chi connectivity index (χ4n) is 3.03. The number of nitrogens with one attached hydrogen (secondary N) is 2. The van der Waals surface area contributed by atoms with Crippen LogP contribution in [-0.2, 0) is 11.3 Å². The van der Waals surface area contributed by atoms with Crippen molar-refractivity contribution < 1.29 is 4.79 Å². The van der Waals surface area contributed by atoms with E-state index in [4.69, 9.17) is 5.73 Å². The molecule has 1 amide bonds. The minimum absolute atomic E-state index is 0.188. The molecule has 4 N–H and O–H groups in total. The summed E-state index contributed by atoms with van der Waals surface area (Å²) in [6.07, 6.45) is 9.30. The van der Waals surface area contributed by atoms with Gasteiger partial charge in [-0.15, -0.1) is 11.3 Å². The second-order valence-corrected chi connectivity index (χ2v) is 7.17. The maximum atomic E-state index is 10.8. The zero-order valence-corrected chi connectivity index (χ0v) is 14.0. The summed E-state index contributed by atoms with van der Waals surface area (Å²) in [5, 5.41) is 7.72. The number of hydrogen-bond acceptors (Lipinski definition) is 6. The molecule has 3 rings (SSSR count). The van der Waals surface area contributed by atoms with E-state index >= 15 is 0 Å². The number of aromatic nitrogens is 2. The van der Waals surface area contributed by atoms with Gasteiger partial charge in [-0.1, -0.05) is 25.7 Å². The molecule has 1 aliphatic carbocycles. The molecule has 0 spiro atoms. The topological polar surface area (TPSA) is 92.9 Å². The second kappa shape index (κ2) is 7.70. The van der Waals surface area contributed by atoms with Gasteiger partial charge in [-0.05, 0) is 18.9 Å². The molecular weight excluding hydrogens is 310 g/mol. The number of carbonyl (C=O) groups is 1. The minimum Gasteiger partial charge on any atom is -0.369 e. The summed E-state index contributed by atoms with van der Waals surface area (Å²) >= 11 is 1.62. The molecule has 0 aromatic carbocycles. The number of fused-ring (bicyclic) bond motifs is 1. The normalized spacial score (nSPS) is 16.3. The molecule has 1 aliphatic rings. The highest BCUT2D eigenvalue weighted by atomic mass is 32.1. The molecule has 0 radical (unpaired) electrons. The first-order valence-corrected chi connectivity index (χ1v) is 9.03. The lowest BCUT2D eigenvalue weighted by molar-refractivity contribution is -0.117. The van der Waals surface area contributed by atoms with Crippen LogP contribution in [0.4, 0.5) is 5.82 Å². The zero-order chi connectivity index (χ0) is 16.1. The number of amides is 1. The third-order valence-electron chi connectivity index (χ3n) is 4.17. The number of hydrogen-bond donors (Lipinski definition) is 3. The lowest BCUT2D eigenvalue weighted by atomic mass is 10.1. The van der Waals surface area contributed by atoms with Crippen LogP contribution in [0, 0.1) is 0 Å². The van der Waals surface area contributed by atoms with E-state index in [2.05, 4.69) is 26.7 Å². The Balaban J connectivity index is 1.72. The summed E-state index contributed by atoms with van der Waals surface area (Å²) in [4.78, 5) is 21.7. The van der Waals surface area contributed by atoms with Crippen LogP contribution in [0.15, 0.2) is 12.4 Å². The highest BCUT2D eigenvalue weighted by Gasteiger charge is 2.15. The summed E-state index contributed by atoms with van der Waals surface area (Å²) < 4.78 is 0. The Morgan fingerprint density at radius 2 is 2.04 bits per heavy atom. The first-order chi connectivity index (χ1) is 11.2. The lowest BCUT2D eigenvalue weighted by Gasteiger charge is -2.17. The maximum Gasteiger partial charge on any atom is 0.231 e. The number of thiophene rings is 1. The van der Waals surface area contributed by atoms with Gasteiger partial charge in [-0.25, -0.2) is 9.97 Å². The zero-order valence-electron chi connectivity index (χ0n) is 13.2. The van der Waals surface area contributed by atoms with E-state index in [1.807, 2.05) is 0 Å². The van der Waals surface area contributed by atoms with Gasteiger partial charge in [-0.3, -0.25) is 4.79 Å². The van der Waals surface area contributed by atoms with Crippen molar-refractivity contribution >= 4 is 33.3 Å². The Morgan fingerprint density at radius 1 is 1.26 bits per heavy atom. The Kier molecular flexibility index (Phi) is 5.40. The van der Waals surface area contributed by atoms with E-state index in [0.717, 1.165) is 20.9 Å². The van der Waals surface area contributed by atoms with Crippen LogP contribution >= 0.6 is 11.3 Å². The first-order valence-electron chi connectivity index (χ1n) is 8.21. The van der Waals surface area contributed by atoms with E-state index in [1.54, 1.807) is 17.7 Å². The van der Waals surface area contributed by atoms with Gasteiger partial charge in [0.1, 0.15) is 17.0 Å². The summed E-state index contributed by atoms with van der Waals surface area (Å²) in [6, 6.07) is 2.61. The van der Waals surface area contributed by atoms with Gasteiger partial charge in [0, 0.05) is 17.5 Å². The number of rotatable bonds is 6. The molecule has 23 heavy (non-hydrogen) atoms. The fourth-order valence-corrected chi connectivity index (χ4v) is 4.00. The Morgan fingerprint density at radius 3 is 2.78 bits per heavy atom. The van der Waals surface area contributed by atoms with Crippen molar-refractivity contribution in [2.24, 2.45) is 5.73 Å². The molecule has 2 aromatic rings. The molecule has 0 saturated heterocycles. The molecule has 0 unspecified atom stereocenters. The monoisotopic (exact) mass is 333 g/mol. The van der Waals surface area contributed by atoms with Gasteiger partial charge < -0.3 is 16.4 Å². The SMILES string of the molecule is NC(=O)CNCc1cc2c(NC3CCCCCC3)ncnc2s1. The Bertz CT molecular complexity index is 664. The van der Waals surface area contributed by atoms with Crippen molar-refractivity contribution in [3.05, 3.63) is 17.3 Å². The molecule has 6 nitrogen and oxygen atoms in total. The molecule has 2 heterocycles. The number of anilines is 1. The van der Waals surface area contributed by atoms with Crippen molar-refractivity contribution in [2.75, 3.05) is 11.9 Å². The van der Waals surface area contributed by atoms with Gasteiger partial charge in [0.15, 0.2) is 0 Å². The van der Waals surface area contributed by atoms with E-state index in [1.165, 1.54) is 38.5 Å². The van der Waals surface area contributed by atoms with Crippen molar-refractivity contribution in [2.45, 2.75) is 51.1 Å². The summed E-state index contributed by atoms with van der Waals surface area (Å²) in [5.74, 6) is 0.584. The van der Waals surface area contributed by atoms with Gasteiger partial charge in [-0.2, -0.15) is 0 Å². The average molecular weight is 333 g/mol. The summed E-state index contributed by atoms with van der Waals surface area (Å²) in [7, 11) is 0. The number of carbonyl (C=O) groups excluding carboxylic acids is 1. The van der Waals surface area contributed by atoms with Crippen LogP contribution in [0.3, 0.4) is 0 Å². The highest BCUT2D eigenvalue weighted by molar-refractivity contribution is 7.18. The minimum atomic E-state index is -0.346. The van der Waals surface area contributed by atoms with Crippen LogP contribution in [0.25, 0.3) is 10.2 Å². The standard InChI is InChI=1S/C16H23N5OS/c17-14(22)9-18-8-12-7-13-15(19-10-20-16(13)23-12)21-11-5-3-1-2-4-6-11/h7,10-11,18H,1-6,8-9H2,(H2,17,22)(H,19,20,21). The predicted octanol–water partition coefficient (Wildman–Crippen LogP) is 2.40. The largest absolute Gasteiger partial charge is 0.369 e. The predicted molar refractivity (Wildman–Crippen MR) is 93.4 cm³/mol. The third-order valence-corrected chi connectivity index (χ3v) is 5.22. The van der Waals surface area contributed by atoms with E-state index in [9.17, 15) is 4.79 Å². The van der Waals surface area contributed by atoms with Gasteiger partial charge in [0.05, 0.1) is 11.9 Å². The molecule has 0 atom stereocenters. The van der Waals surface area contributed by atoms with Crippen LogP contribution in [0.1, 0.15) is 43.4 Å². The summed E-state index contributed by atoms with van der Waals surface area (Å²) in [6.45, 7) is 0.805. The van der Waals surface area contributed by atoms with Crippen molar-refractivity contribution in [3.8, 4) is 0 Å². The molecule has 1 fully saturated rings. The molecule has 7 heteroatoms.